The molecule has 22 heavy (non-hydrogen) atoms. The summed E-state index contributed by atoms with van der Waals surface area (Å²) in [6.07, 6.45) is 0. The van der Waals surface area contributed by atoms with E-state index in [1.807, 2.05) is 0 Å². The minimum absolute atomic E-state index is 1.17. The molecule has 10 nitrogen and oxygen atoms in total. The van der Waals surface area contributed by atoms with Crippen molar-refractivity contribution in [1.82, 2.24) is 0 Å². The van der Waals surface area contributed by atoms with Gasteiger partial charge in [-0.05, 0) is 0 Å². The first-order valence-corrected chi connectivity index (χ1v) is 6.15. The zero-order valence-corrected chi connectivity index (χ0v) is 12.2. The molecule has 10 heteroatoms. The van der Waals surface area contributed by atoms with Crippen LogP contribution in [0.15, 0.2) is 0 Å². The Morgan fingerprint density at radius 1 is 0.591 bits per heavy atom. The van der Waals surface area contributed by atoms with Gasteiger partial charge in [0.2, 0.25) is 0 Å². The van der Waals surface area contributed by atoms with Gasteiger partial charge in [0.15, 0.2) is 0 Å². The second-order valence-electron chi connectivity index (χ2n) is 5.78. The Balaban J connectivity index is 2.53. The summed E-state index contributed by atoms with van der Waals surface area (Å²) in [4.78, 5) is 47.8. The molecule has 2 aliphatic rings. The Hall–Kier alpha value is -2.20. The van der Waals surface area contributed by atoms with Crippen LogP contribution in [0.1, 0.15) is 27.7 Å². The standard InChI is InChI=1S/C12H14O10/c1-9(2)19-5(13)11(17,6(14)20-9)12(18)7(15)21-10(3,4)22-8(12)16/h17-18H,1-4H3. The smallest absolute Gasteiger partial charge is 0.357 e. The van der Waals surface area contributed by atoms with Crippen LogP contribution in [0.3, 0.4) is 0 Å². The summed E-state index contributed by atoms with van der Waals surface area (Å²) in [5.41, 5.74) is -7.29. The van der Waals surface area contributed by atoms with E-state index in [9.17, 15) is 29.4 Å². The first-order valence-electron chi connectivity index (χ1n) is 6.15. The fourth-order valence-corrected chi connectivity index (χ4v) is 1.99. The van der Waals surface area contributed by atoms with Gasteiger partial charge in [0.25, 0.3) is 11.6 Å². The molecule has 2 saturated heterocycles. The number of carbonyl (C=O) groups excluding carboxylic acids is 4. The minimum atomic E-state index is -3.65. The number of ether oxygens (including phenoxy) is 4. The quantitative estimate of drug-likeness (QED) is 0.416. The van der Waals surface area contributed by atoms with Crippen molar-refractivity contribution in [3.8, 4) is 0 Å². The van der Waals surface area contributed by atoms with Crippen molar-refractivity contribution in [2.24, 2.45) is 0 Å². The molecular weight excluding hydrogens is 304 g/mol. The molecule has 0 atom stereocenters. The summed E-state index contributed by atoms with van der Waals surface area (Å²) < 4.78 is 18.5. The molecule has 2 aliphatic heterocycles. The maximum Gasteiger partial charge on any atom is 0.357 e. The molecule has 2 rings (SSSR count). The van der Waals surface area contributed by atoms with Crippen LogP contribution in [0.5, 0.6) is 0 Å². The highest BCUT2D eigenvalue weighted by Crippen LogP contribution is 2.39. The third-order valence-electron chi connectivity index (χ3n) is 3.06. The summed E-state index contributed by atoms with van der Waals surface area (Å²) >= 11 is 0. The first kappa shape index (κ1) is 16.2. The Morgan fingerprint density at radius 3 is 0.955 bits per heavy atom. The Kier molecular flexibility index (Phi) is 3.07. The lowest BCUT2D eigenvalue weighted by Gasteiger charge is -2.45. The van der Waals surface area contributed by atoms with Crippen LogP contribution in [0, 0.1) is 0 Å². The average Bonchev–Trinajstić information content (AvgIpc) is 2.30. The molecule has 0 saturated carbocycles. The molecule has 0 unspecified atom stereocenters. The molecule has 0 aliphatic carbocycles. The van der Waals surface area contributed by atoms with E-state index in [2.05, 4.69) is 18.9 Å². The third kappa shape index (κ3) is 1.95. The predicted molar refractivity (Wildman–Crippen MR) is 62.4 cm³/mol. The molecule has 0 spiro atoms. The molecule has 2 fully saturated rings. The van der Waals surface area contributed by atoms with Gasteiger partial charge in [0, 0.05) is 27.7 Å². The lowest BCUT2D eigenvalue weighted by molar-refractivity contribution is -0.301. The van der Waals surface area contributed by atoms with Crippen LogP contribution in [0.2, 0.25) is 0 Å². The second kappa shape index (κ2) is 4.17. The van der Waals surface area contributed by atoms with Crippen LogP contribution >= 0.6 is 0 Å². The first-order chi connectivity index (χ1) is 9.76. The third-order valence-corrected chi connectivity index (χ3v) is 3.06. The Morgan fingerprint density at radius 2 is 0.773 bits per heavy atom. The van der Waals surface area contributed by atoms with Crippen molar-refractivity contribution in [2.45, 2.75) is 50.5 Å². The lowest BCUT2D eigenvalue weighted by Crippen LogP contribution is -2.78. The van der Waals surface area contributed by atoms with Crippen molar-refractivity contribution in [3.05, 3.63) is 0 Å². The van der Waals surface area contributed by atoms with Gasteiger partial charge >= 0.3 is 35.1 Å². The van der Waals surface area contributed by atoms with Crippen LogP contribution < -0.4 is 0 Å². The lowest BCUT2D eigenvalue weighted by atomic mass is 9.80. The van der Waals surface area contributed by atoms with Gasteiger partial charge in [-0.1, -0.05) is 0 Å². The zero-order chi connectivity index (χ0) is 17.1. The van der Waals surface area contributed by atoms with Crippen LogP contribution in [-0.4, -0.2) is 56.9 Å². The van der Waals surface area contributed by atoms with Crippen molar-refractivity contribution in [3.63, 3.8) is 0 Å². The monoisotopic (exact) mass is 318 g/mol. The number of rotatable bonds is 1. The zero-order valence-electron chi connectivity index (χ0n) is 12.2. The average molecular weight is 318 g/mol. The van der Waals surface area contributed by atoms with Crippen molar-refractivity contribution in [2.75, 3.05) is 0 Å². The van der Waals surface area contributed by atoms with Gasteiger partial charge in [-0.2, -0.15) is 0 Å². The van der Waals surface area contributed by atoms with Crippen LogP contribution in [0.25, 0.3) is 0 Å². The largest absolute Gasteiger partial charge is 0.420 e. The fourth-order valence-electron chi connectivity index (χ4n) is 1.99. The van der Waals surface area contributed by atoms with E-state index in [0.717, 1.165) is 0 Å². The van der Waals surface area contributed by atoms with Crippen LogP contribution in [0.4, 0.5) is 0 Å². The SMILES string of the molecule is CC1(C)OC(=O)C(O)(C2(O)C(=O)OC(C)(C)OC2=O)C(=O)O1. The second-order valence-corrected chi connectivity index (χ2v) is 5.78. The maximum atomic E-state index is 12.0. The molecule has 0 aromatic heterocycles. The fraction of sp³-hybridized carbons (Fsp3) is 0.667. The Labute approximate surface area is 123 Å². The molecule has 0 amide bonds. The molecular formula is C12H14O10. The number of esters is 4. The molecule has 0 aromatic rings. The molecule has 0 radical (unpaired) electrons. The van der Waals surface area contributed by atoms with Gasteiger partial charge < -0.3 is 29.2 Å². The van der Waals surface area contributed by atoms with E-state index in [1.54, 1.807) is 0 Å². The molecule has 2 heterocycles. The van der Waals surface area contributed by atoms with Crippen LogP contribution in [-0.2, 0) is 38.1 Å². The highest BCUT2D eigenvalue weighted by atomic mass is 16.8. The number of aliphatic hydroxyl groups is 2. The van der Waals surface area contributed by atoms with E-state index in [-0.39, 0.29) is 0 Å². The summed E-state index contributed by atoms with van der Waals surface area (Å²) in [6, 6.07) is 0. The summed E-state index contributed by atoms with van der Waals surface area (Å²) in [5, 5.41) is 20.5. The van der Waals surface area contributed by atoms with E-state index >= 15 is 0 Å². The Bertz CT molecular complexity index is 495. The van der Waals surface area contributed by atoms with Gasteiger partial charge in [-0.25, -0.2) is 19.2 Å². The minimum Gasteiger partial charge on any atom is -0.420 e. The van der Waals surface area contributed by atoms with Gasteiger partial charge in [0.1, 0.15) is 0 Å². The van der Waals surface area contributed by atoms with Crippen molar-refractivity contribution < 1.29 is 48.3 Å². The van der Waals surface area contributed by atoms with Gasteiger partial charge in [-0.3, -0.25) is 0 Å². The highest BCUT2D eigenvalue weighted by molar-refractivity contribution is 6.20. The maximum absolute atomic E-state index is 12.0. The van der Waals surface area contributed by atoms with E-state index < -0.39 is 46.7 Å². The van der Waals surface area contributed by atoms with Crippen molar-refractivity contribution >= 4 is 23.9 Å². The number of carbonyl (C=O) groups is 4. The highest BCUT2D eigenvalue weighted by Gasteiger charge is 2.78. The topological polar surface area (TPSA) is 146 Å². The normalized spacial score (nSPS) is 28.1. The van der Waals surface area contributed by atoms with Crippen molar-refractivity contribution in [1.29, 1.82) is 0 Å². The molecule has 0 bridgehead atoms. The summed E-state index contributed by atoms with van der Waals surface area (Å²) in [5.74, 6) is -10.5. The predicted octanol–water partition coefficient (Wildman–Crippen LogP) is -1.88. The summed E-state index contributed by atoms with van der Waals surface area (Å²) in [7, 11) is 0. The van der Waals surface area contributed by atoms with Gasteiger partial charge in [-0.15, -0.1) is 0 Å². The number of cyclic esters (lactones) is 4. The van der Waals surface area contributed by atoms with E-state index in [4.69, 9.17) is 0 Å². The van der Waals surface area contributed by atoms with Gasteiger partial charge in [0.05, 0.1) is 0 Å². The molecule has 0 aromatic carbocycles. The number of hydrogen-bond donors (Lipinski definition) is 2. The molecule has 2 N–H and O–H groups in total. The molecule has 122 valence electrons. The number of hydrogen-bond acceptors (Lipinski definition) is 10. The van der Waals surface area contributed by atoms with E-state index in [1.165, 1.54) is 27.7 Å². The van der Waals surface area contributed by atoms with E-state index in [0.29, 0.717) is 0 Å². The summed E-state index contributed by atoms with van der Waals surface area (Å²) in [6.45, 7) is 4.69.